The molecule has 0 aromatic carbocycles. The van der Waals surface area contributed by atoms with E-state index in [1.54, 1.807) is 0 Å². The van der Waals surface area contributed by atoms with Crippen LogP contribution in [0.4, 0.5) is 0 Å². The topological polar surface area (TPSA) is 67.6 Å². The minimum Gasteiger partial charge on any atom is -0.379 e. The number of morpholine rings is 1. The van der Waals surface area contributed by atoms with Crippen LogP contribution in [-0.4, -0.2) is 55.7 Å². The molecule has 0 bridgehead atoms. The number of rotatable bonds is 6. The Morgan fingerprint density at radius 1 is 1.33 bits per heavy atom. The molecule has 0 spiro atoms. The van der Waals surface area contributed by atoms with Crippen LogP contribution in [0.1, 0.15) is 27.2 Å². The fraction of sp³-hybridized carbons (Fsp3) is 0.923. The highest BCUT2D eigenvalue weighted by molar-refractivity contribution is 5.81. The van der Waals surface area contributed by atoms with Gasteiger partial charge in [-0.1, -0.05) is 13.8 Å². The predicted molar refractivity (Wildman–Crippen MR) is 72.3 cm³/mol. The van der Waals surface area contributed by atoms with E-state index in [0.29, 0.717) is 5.92 Å². The van der Waals surface area contributed by atoms with Gasteiger partial charge in [-0.05, 0) is 19.3 Å². The van der Waals surface area contributed by atoms with Gasteiger partial charge < -0.3 is 15.8 Å². The smallest absolute Gasteiger partial charge is 0.237 e. The van der Waals surface area contributed by atoms with Crippen molar-refractivity contribution in [3.05, 3.63) is 0 Å². The van der Waals surface area contributed by atoms with Crippen LogP contribution >= 0.6 is 0 Å². The maximum absolute atomic E-state index is 11.9. The molecule has 2 atom stereocenters. The molecular weight excluding hydrogens is 230 g/mol. The summed E-state index contributed by atoms with van der Waals surface area (Å²) >= 11 is 0. The number of nitrogens with one attached hydrogen (secondary N) is 1. The Kier molecular flexibility index (Phi) is 6.60. The van der Waals surface area contributed by atoms with Gasteiger partial charge in [-0.25, -0.2) is 0 Å². The Balaban J connectivity index is 2.25. The molecule has 0 saturated carbocycles. The highest BCUT2D eigenvalue weighted by atomic mass is 16.5. The van der Waals surface area contributed by atoms with E-state index in [1.165, 1.54) is 0 Å². The summed E-state index contributed by atoms with van der Waals surface area (Å²) in [6, 6.07) is -0.258. The molecule has 106 valence electrons. The number of hydrogen-bond donors (Lipinski definition) is 2. The van der Waals surface area contributed by atoms with Crippen LogP contribution < -0.4 is 11.1 Å². The summed E-state index contributed by atoms with van der Waals surface area (Å²) in [6.07, 6.45) is 0.732. The first kappa shape index (κ1) is 15.4. The summed E-state index contributed by atoms with van der Waals surface area (Å²) < 4.78 is 5.30. The van der Waals surface area contributed by atoms with Gasteiger partial charge in [-0.3, -0.25) is 9.69 Å². The number of nitrogens with zero attached hydrogens (tertiary/aromatic N) is 1. The molecule has 1 amide bonds. The molecule has 1 aliphatic rings. The third-order valence-corrected chi connectivity index (χ3v) is 3.09. The van der Waals surface area contributed by atoms with Gasteiger partial charge >= 0.3 is 0 Å². The monoisotopic (exact) mass is 257 g/mol. The standard InChI is InChI=1S/C13H27N3O2/c1-10(2)8-12(14)13(17)15-11(3)9-16-4-6-18-7-5-16/h10-12H,4-9,14H2,1-3H3,(H,15,17)/t11?,12-/m1/s1. The van der Waals surface area contributed by atoms with E-state index in [4.69, 9.17) is 10.5 Å². The molecule has 0 aromatic heterocycles. The Bertz CT molecular complexity index is 253. The number of nitrogens with two attached hydrogens (primary N) is 1. The molecule has 0 aromatic rings. The second-order valence-corrected chi connectivity index (χ2v) is 5.56. The van der Waals surface area contributed by atoms with Gasteiger partial charge in [0.15, 0.2) is 0 Å². The number of carbonyl (C=O) groups excluding carboxylic acids is 1. The van der Waals surface area contributed by atoms with Gasteiger partial charge in [0.05, 0.1) is 19.3 Å². The molecule has 5 nitrogen and oxygen atoms in total. The Morgan fingerprint density at radius 2 is 1.94 bits per heavy atom. The first-order chi connectivity index (χ1) is 8.49. The first-order valence-corrected chi connectivity index (χ1v) is 6.85. The summed E-state index contributed by atoms with van der Waals surface area (Å²) in [5, 5.41) is 2.99. The number of ether oxygens (including phenoxy) is 1. The van der Waals surface area contributed by atoms with E-state index in [-0.39, 0.29) is 11.9 Å². The largest absolute Gasteiger partial charge is 0.379 e. The minimum absolute atomic E-state index is 0.0375. The Hall–Kier alpha value is -0.650. The van der Waals surface area contributed by atoms with Crippen molar-refractivity contribution in [3.8, 4) is 0 Å². The average Bonchev–Trinajstić information content (AvgIpc) is 2.29. The lowest BCUT2D eigenvalue weighted by Crippen LogP contribution is -2.50. The van der Waals surface area contributed by atoms with Gasteiger partial charge in [-0.15, -0.1) is 0 Å². The van der Waals surface area contributed by atoms with Gasteiger partial charge in [-0.2, -0.15) is 0 Å². The van der Waals surface area contributed by atoms with Crippen LogP contribution in [0.15, 0.2) is 0 Å². The quantitative estimate of drug-likeness (QED) is 0.713. The normalized spacial score (nSPS) is 20.7. The lowest BCUT2D eigenvalue weighted by molar-refractivity contribution is -0.123. The van der Waals surface area contributed by atoms with Crippen LogP contribution in [0.25, 0.3) is 0 Å². The number of carbonyl (C=O) groups is 1. The van der Waals surface area contributed by atoms with E-state index < -0.39 is 6.04 Å². The second-order valence-electron chi connectivity index (χ2n) is 5.56. The average molecular weight is 257 g/mol. The Morgan fingerprint density at radius 3 is 2.50 bits per heavy atom. The van der Waals surface area contributed by atoms with Gasteiger partial charge in [0, 0.05) is 25.7 Å². The molecule has 18 heavy (non-hydrogen) atoms. The van der Waals surface area contributed by atoms with Crippen molar-refractivity contribution in [3.63, 3.8) is 0 Å². The lowest BCUT2D eigenvalue weighted by atomic mass is 10.0. The maximum atomic E-state index is 11.9. The zero-order chi connectivity index (χ0) is 13.5. The third-order valence-electron chi connectivity index (χ3n) is 3.09. The fourth-order valence-corrected chi connectivity index (χ4v) is 2.18. The molecule has 3 N–H and O–H groups in total. The predicted octanol–water partition coefficient (Wildman–Crippen LogP) is 0.197. The van der Waals surface area contributed by atoms with Crippen molar-refractivity contribution >= 4 is 5.91 Å². The third kappa shape index (κ3) is 5.80. The number of hydrogen-bond acceptors (Lipinski definition) is 4. The van der Waals surface area contributed by atoms with E-state index >= 15 is 0 Å². The molecular formula is C13H27N3O2. The highest BCUT2D eigenvalue weighted by Crippen LogP contribution is 2.03. The van der Waals surface area contributed by atoms with Crippen molar-refractivity contribution in [1.29, 1.82) is 0 Å². The van der Waals surface area contributed by atoms with Crippen LogP contribution in [0.3, 0.4) is 0 Å². The molecule has 0 radical (unpaired) electrons. The highest BCUT2D eigenvalue weighted by Gasteiger charge is 2.19. The first-order valence-electron chi connectivity index (χ1n) is 6.85. The zero-order valence-electron chi connectivity index (χ0n) is 11.8. The minimum atomic E-state index is -0.392. The van der Waals surface area contributed by atoms with Crippen LogP contribution in [0, 0.1) is 5.92 Å². The van der Waals surface area contributed by atoms with Gasteiger partial charge in [0.2, 0.25) is 5.91 Å². The van der Waals surface area contributed by atoms with Crippen LogP contribution in [-0.2, 0) is 9.53 Å². The summed E-state index contributed by atoms with van der Waals surface area (Å²) in [4.78, 5) is 14.2. The lowest BCUT2D eigenvalue weighted by Gasteiger charge is -2.29. The zero-order valence-corrected chi connectivity index (χ0v) is 11.8. The molecule has 0 aliphatic carbocycles. The van der Waals surface area contributed by atoms with E-state index in [9.17, 15) is 4.79 Å². The molecule has 1 aliphatic heterocycles. The SMILES string of the molecule is CC(C)C[C@@H](N)C(=O)NC(C)CN1CCOCC1. The molecule has 1 saturated heterocycles. The van der Waals surface area contributed by atoms with Crippen molar-refractivity contribution < 1.29 is 9.53 Å². The summed E-state index contributed by atoms with van der Waals surface area (Å²) in [5.41, 5.74) is 5.85. The molecule has 1 rings (SSSR count). The summed E-state index contributed by atoms with van der Waals surface area (Å²) in [7, 11) is 0. The van der Waals surface area contributed by atoms with E-state index in [2.05, 4.69) is 24.1 Å². The molecule has 1 unspecified atom stereocenters. The maximum Gasteiger partial charge on any atom is 0.237 e. The van der Waals surface area contributed by atoms with E-state index in [0.717, 1.165) is 39.3 Å². The van der Waals surface area contributed by atoms with Crippen LogP contribution in [0.2, 0.25) is 0 Å². The number of amides is 1. The summed E-state index contributed by atoms with van der Waals surface area (Å²) in [6.45, 7) is 10.5. The second kappa shape index (κ2) is 7.71. The van der Waals surface area contributed by atoms with Crippen molar-refractivity contribution in [1.82, 2.24) is 10.2 Å². The Labute approximate surface area is 110 Å². The van der Waals surface area contributed by atoms with E-state index in [1.807, 2.05) is 6.92 Å². The van der Waals surface area contributed by atoms with Crippen LogP contribution in [0.5, 0.6) is 0 Å². The van der Waals surface area contributed by atoms with Crippen molar-refractivity contribution in [2.75, 3.05) is 32.8 Å². The molecule has 5 heteroatoms. The van der Waals surface area contributed by atoms with Gasteiger partial charge in [0.1, 0.15) is 0 Å². The van der Waals surface area contributed by atoms with Crippen molar-refractivity contribution in [2.45, 2.75) is 39.3 Å². The molecule has 1 heterocycles. The summed E-state index contributed by atoms with van der Waals surface area (Å²) in [5.74, 6) is 0.407. The molecule has 1 fully saturated rings. The fourth-order valence-electron chi connectivity index (χ4n) is 2.18. The van der Waals surface area contributed by atoms with Gasteiger partial charge in [0.25, 0.3) is 0 Å². The van der Waals surface area contributed by atoms with Crippen molar-refractivity contribution in [2.24, 2.45) is 11.7 Å².